The molecule has 2 aliphatic heterocycles. The Morgan fingerprint density at radius 3 is 1.72 bits per heavy atom. The van der Waals surface area contributed by atoms with Gasteiger partial charge in [0.1, 0.15) is 0 Å². The van der Waals surface area contributed by atoms with Gasteiger partial charge in [-0.3, -0.25) is 24.1 Å². The number of carbonyl (C=O) groups excluding carboxylic acids is 4. The van der Waals surface area contributed by atoms with Crippen LogP contribution in [0.1, 0.15) is 62.7 Å². The van der Waals surface area contributed by atoms with E-state index in [0.717, 1.165) is 6.07 Å². The average Bonchev–Trinajstić information content (AvgIpc) is 2.80. The number of hydrogen-bond donors (Lipinski definition) is 2. The monoisotopic (exact) mass is 487 g/mol. The molecule has 36 heavy (non-hydrogen) atoms. The van der Waals surface area contributed by atoms with Gasteiger partial charge in [0.25, 0.3) is 11.8 Å². The molecule has 2 aromatic heterocycles. The fourth-order valence-electron chi connectivity index (χ4n) is 4.33. The molecule has 182 valence electrons. The van der Waals surface area contributed by atoms with Crippen LogP contribution in [-0.2, 0) is 4.74 Å². The number of imide groups is 1. The maximum absolute atomic E-state index is 12.4. The molecule has 0 saturated heterocycles. The number of pyridine rings is 2. The number of esters is 2. The summed E-state index contributed by atoms with van der Waals surface area (Å²) in [6.07, 6.45) is 0. The van der Waals surface area contributed by atoms with Crippen LogP contribution in [0.5, 0.6) is 0 Å². The third-order valence-electron chi connectivity index (χ3n) is 5.77. The van der Waals surface area contributed by atoms with Gasteiger partial charge in [-0.05, 0) is 38.1 Å². The van der Waals surface area contributed by atoms with Crippen LogP contribution in [0.3, 0.4) is 0 Å². The number of benzene rings is 2. The lowest BCUT2D eigenvalue weighted by Crippen LogP contribution is -2.45. The van der Waals surface area contributed by atoms with Gasteiger partial charge < -0.3 is 14.7 Å². The van der Waals surface area contributed by atoms with Crippen LogP contribution in [0.2, 0.25) is 0 Å². The fraction of sp³-hybridized carbons (Fsp3) is 0.154. The SMILES string of the molecule is C.CC(C)N1C(=O)c2cccc3[nH]c(=O)cc(c23)C1=O.O=C1OC(=O)c2cc(=O)[nH]c3cccc1c23. The van der Waals surface area contributed by atoms with E-state index in [-0.39, 0.29) is 30.5 Å². The number of aromatic amines is 2. The minimum absolute atomic E-state index is 0. The fourth-order valence-corrected chi connectivity index (χ4v) is 4.33. The Bertz CT molecular complexity index is 1730. The summed E-state index contributed by atoms with van der Waals surface area (Å²) in [6, 6.07) is 12.0. The molecule has 0 fully saturated rings. The van der Waals surface area contributed by atoms with E-state index in [1.807, 2.05) is 0 Å². The molecule has 0 saturated carbocycles. The topological polar surface area (TPSA) is 146 Å². The van der Waals surface area contributed by atoms with Crippen LogP contribution >= 0.6 is 0 Å². The Morgan fingerprint density at radius 2 is 1.14 bits per heavy atom. The average molecular weight is 487 g/mol. The number of nitrogens with zero attached hydrogens (tertiary/aromatic N) is 1. The lowest BCUT2D eigenvalue weighted by atomic mass is 9.96. The highest BCUT2D eigenvalue weighted by Crippen LogP contribution is 2.29. The van der Waals surface area contributed by atoms with E-state index in [9.17, 15) is 28.8 Å². The van der Waals surface area contributed by atoms with Gasteiger partial charge in [-0.2, -0.15) is 0 Å². The molecule has 6 rings (SSSR count). The first-order chi connectivity index (χ1) is 16.7. The summed E-state index contributed by atoms with van der Waals surface area (Å²) in [4.78, 5) is 76.9. The molecule has 2 aliphatic rings. The van der Waals surface area contributed by atoms with E-state index in [1.54, 1.807) is 50.2 Å². The third kappa shape index (κ3) is 3.68. The van der Waals surface area contributed by atoms with E-state index >= 15 is 0 Å². The summed E-state index contributed by atoms with van der Waals surface area (Å²) >= 11 is 0. The number of cyclic esters (lactones) is 2. The highest BCUT2D eigenvalue weighted by atomic mass is 16.6. The molecular formula is C26H21N3O7. The lowest BCUT2D eigenvalue weighted by Gasteiger charge is -2.29. The van der Waals surface area contributed by atoms with E-state index < -0.39 is 23.4 Å². The quantitative estimate of drug-likeness (QED) is 0.238. The number of nitrogens with one attached hydrogen (secondary N) is 2. The van der Waals surface area contributed by atoms with E-state index in [4.69, 9.17) is 0 Å². The van der Waals surface area contributed by atoms with Crippen molar-refractivity contribution in [1.29, 1.82) is 0 Å². The standard InChI is InChI=1S/C14H12N2O3.C11H5NO4.CH4/c1-7(2)16-13(18)8-4-3-5-10-12(8)9(14(16)19)6-11(17)15-10;13-8-4-6-9-5(10(14)16-11(6)15)2-1-3-7(9)12-8;/h3-7H,1-2H3,(H,15,17);1-4H,(H,12,13);1H4. The summed E-state index contributed by atoms with van der Waals surface area (Å²) < 4.78 is 4.53. The van der Waals surface area contributed by atoms with Gasteiger partial charge in [-0.1, -0.05) is 19.6 Å². The maximum Gasteiger partial charge on any atom is 0.346 e. The van der Waals surface area contributed by atoms with Crippen molar-refractivity contribution in [1.82, 2.24) is 14.9 Å². The van der Waals surface area contributed by atoms with Crippen molar-refractivity contribution in [3.63, 3.8) is 0 Å². The molecule has 4 aromatic rings. The summed E-state index contributed by atoms with van der Waals surface area (Å²) in [5, 5.41) is 0.984. The Labute approximate surface area is 203 Å². The summed E-state index contributed by atoms with van der Waals surface area (Å²) in [6.45, 7) is 3.54. The zero-order valence-corrected chi connectivity index (χ0v) is 18.5. The highest BCUT2D eigenvalue weighted by molar-refractivity contribution is 6.25. The van der Waals surface area contributed by atoms with Crippen LogP contribution in [0.4, 0.5) is 0 Å². The van der Waals surface area contributed by atoms with Crippen LogP contribution in [-0.4, -0.2) is 44.7 Å². The van der Waals surface area contributed by atoms with Crippen LogP contribution in [0.15, 0.2) is 58.1 Å². The number of rotatable bonds is 1. The predicted molar refractivity (Wildman–Crippen MR) is 131 cm³/mol. The number of H-pyrrole nitrogens is 2. The predicted octanol–water partition coefficient (Wildman–Crippen LogP) is 3.01. The van der Waals surface area contributed by atoms with E-state index in [0.29, 0.717) is 38.5 Å². The number of amides is 2. The second-order valence-corrected chi connectivity index (χ2v) is 8.30. The van der Waals surface area contributed by atoms with Crippen molar-refractivity contribution >= 4 is 45.6 Å². The van der Waals surface area contributed by atoms with Crippen molar-refractivity contribution in [2.24, 2.45) is 0 Å². The second kappa shape index (κ2) is 8.73. The number of ether oxygens (including phenoxy) is 1. The zero-order valence-electron chi connectivity index (χ0n) is 18.5. The molecule has 0 bridgehead atoms. The maximum atomic E-state index is 12.4. The molecule has 2 amide bonds. The Balaban J connectivity index is 0.000000167. The molecule has 2 aromatic carbocycles. The van der Waals surface area contributed by atoms with Crippen LogP contribution < -0.4 is 11.1 Å². The van der Waals surface area contributed by atoms with Gasteiger partial charge >= 0.3 is 11.9 Å². The normalized spacial score (nSPS) is 13.9. The molecule has 10 nitrogen and oxygen atoms in total. The van der Waals surface area contributed by atoms with Crippen molar-refractivity contribution < 1.29 is 23.9 Å². The third-order valence-corrected chi connectivity index (χ3v) is 5.77. The minimum atomic E-state index is -0.778. The Kier molecular flexibility index (Phi) is 5.89. The lowest BCUT2D eigenvalue weighted by molar-refractivity contribution is 0.0389. The molecular weight excluding hydrogens is 466 g/mol. The zero-order chi connectivity index (χ0) is 25.0. The van der Waals surface area contributed by atoms with Gasteiger partial charge in [0.05, 0.1) is 22.3 Å². The molecule has 0 aliphatic carbocycles. The van der Waals surface area contributed by atoms with Gasteiger partial charge in [-0.25, -0.2) is 9.59 Å². The van der Waals surface area contributed by atoms with E-state index in [1.165, 1.54) is 11.0 Å². The van der Waals surface area contributed by atoms with E-state index in [2.05, 4.69) is 14.7 Å². The molecule has 0 unspecified atom stereocenters. The summed E-state index contributed by atoms with van der Waals surface area (Å²) in [5.74, 6) is -2.19. The molecule has 4 heterocycles. The van der Waals surface area contributed by atoms with Crippen molar-refractivity contribution in [3.05, 3.63) is 91.5 Å². The van der Waals surface area contributed by atoms with Crippen molar-refractivity contribution in [2.45, 2.75) is 27.3 Å². The first-order valence-corrected chi connectivity index (χ1v) is 10.6. The largest absolute Gasteiger partial charge is 0.386 e. The Morgan fingerprint density at radius 1 is 0.667 bits per heavy atom. The van der Waals surface area contributed by atoms with Crippen LogP contribution in [0.25, 0.3) is 21.8 Å². The molecule has 10 heteroatoms. The smallest absolute Gasteiger partial charge is 0.346 e. The first-order valence-electron chi connectivity index (χ1n) is 10.6. The van der Waals surface area contributed by atoms with Crippen LogP contribution in [0, 0.1) is 0 Å². The number of carbonyl (C=O) groups is 4. The summed E-state index contributed by atoms with van der Waals surface area (Å²) in [5.41, 5.74) is 1.42. The van der Waals surface area contributed by atoms with Crippen molar-refractivity contribution in [2.75, 3.05) is 0 Å². The molecule has 2 N–H and O–H groups in total. The highest BCUT2D eigenvalue weighted by Gasteiger charge is 2.34. The number of hydrogen-bond acceptors (Lipinski definition) is 7. The minimum Gasteiger partial charge on any atom is -0.386 e. The molecule has 0 spiro atoms. The first kappa shape index (κ1) is 24.3. The van der Waals surface area contributed by atoms with Crippen molar-refractivity contribution in [3.8, 4) is 0 Å². The number of aromatic nitrogens is 2. The second-order valence-electron chi connectivity index (χ2n) is 8.30. The molecule has 0 atom stereocenters. The summed E-state index contributed by atoms with van der Waals surface area (Å²) in [7, 11) is 0. The molecule has 0 radical (unpaired) electrons. The van der Waals surface area contributed by atoms with Gasteiger partial charge in [-0.15, -0.1) is 0 Å². The van der Waals surface area contributed by atoms with Gasteiger partial charge in [0, 0.05) is 40.0 Å². The van der Waals surface area contributed by atoms with Gasteiger partial charge in [0.15, 0.2) is 0 Å². The Hall–Kier alpha value is -4.86. The van der Waals surface area contributed by atoms with Gasteiger partial charge in [0.2, 0.25) is 11.1 Å².